The third-order valence-corrected chi connectivity index (χ3v) is 5.62. The van der Waals surface area contributed by atoms with Crippen LogP contribution in [0.3, 0.4) is 0 Å². The standard InChI is InChI=1S/C13H18N2O5S/c1-8-11(3-4-12(16)17)9(2)15(13(18)14-8)10-5-6-21(19,20)7-10/h10H,3-7H2,1-2H3,(H,16,17). The Morgan fingerprint density at radius 3 is 2.62 bits per heavy atom. The van der Waals surface area contributed by atoms with Gasteiger partial charge in [0.25, 0.3) is 0 Å². The van der Waals surface area contributed by atoms with Crippen LogP contribution in [0.15, 0.2) is 4.79 Å². The van der Waals surface area contributed by atoms with E-state index in [4.69, 9.17) is 5.11 Å². The van der Waals surface area contributed by atoms with E-state index in [0.717, 1.165) is 0 Å². The Morgan fingerprint density at radius 2 is 2.10 bits per heavy atom. The van der Waals surface area contributed by atoms with Gasteiger partial charge in [0, 0.05) is 17.8 Å². The largest absolute Gasteiger partial charge is 0.481 e. The van der Waals surface area contributed by atoms with Gasteiger partial charge in [-0.05, 0) is 32.3 Å². The van der Waals surface area contributed by atoms with E-state index >= 15 is 0 Å². The van der Waals surface area contributed by atoms with Crippen LogP contribution in [0.5, 0.6) is 0 Å². The van der Waals surface area contributed by atoms with E-state index in [0.29, 0.717) is 23.4 Å². The van der Waals surface area contributed by atoms with E-state index in [1.54, 1.807) is 13.8 Å². The van der Waals surface area contributed by atoms with Gasteiger partial charge >= 0.3 is 11.7 Å². The van der Waals surface area contributed by atoms with Gasteiger partial charge in [0.05, 0.1) is 17.5 Å². The van der Waals surface area contributed by atoms with Crippen molar-refractivity contribution in [2.75, 3.05) is 11.5 Å². The molecule has 1 fully saturated rings. The molecule has 21 heavy (non-hydrogen) atoms. The summed E-state index contributed by atoms with van der Waals surface area (Å²) in [6.45, 7) is 3.39. The molecule has 8 heteroatoms. The minimum atomic E-state index is -3.11. The molecule has 1 atom stereocenters. The van der Waals surface area contributed by atoms with E-state index in [-0.39, 0.29) is 24.3 Å². The highest BCUT2D eigenvalue weighted by Gasteiger charge is 2.31. The van der Waals surface area contributed by atoms with Crippen molar-refractivity contribution >= 4 is 15.8 Å². The number of carboxylic acid groups (broad SMARTS) is 1. The van der Waals surface area contributed by atoms with Crippen LogP contribution in [0.1, 0.15) is 35.8 Å². The Labute approximate surface area is 122 Å². The Kier molecular flexibility index (Phi) is 4.18. The molecule has 2 rings (SSSR count). The maximum absolute atomic E-state index is 12.1. The van der Waals surface area contributed by atoms with Crippen LogP contribution in [-0.4, -0.2) is 40.6 Å². The lowest BCUT2D eigenvalue weighted by atomic mass is 10.1. The third kappa shape index (κ3) is 3.31. The van der Waals surface area contributed by atoms with Gasteiger partial charge in [-0.1, -0.05) is 0 Å². The van der Waals surface area contributed by atoms with Crippen molar-refractivity contribution < 1.29 is 18.3 Å². The van der Waals surface area contributed by atoms with Crippen LogP contribution in [0, 0.1) is 13.8 Å². The first kappa shape index (κ1) is 15.7. The van der Waals surface area contributed by atoms with E-state index < -0.39 is 27.5 Å². The van der Waals surface area contributed by atoms with Crippen molar-refractivity contribution in [3.8, 4) is 0 Å². The molecule has 0 spiro atoms. The Balaban J connectivity index is 2.44. The molecule has 1 N–H and O–H groups in total. The van der Waals surface area contributed by atoms with Gasteiger partial charge in [0.2, 0.25) is 0 Å². The lowest BCUT2D eigenvalue weighted by Crippen LogP contribution is -2.32. The summed E-state index contributed by atoms with van der Waals surface area (Å²) in [7, 11) is -3.11. The maximum atomic E-state index is 12.1. The second kappa shape index (κ2) is 5.59. The molecule has 7 nitrogen and oxygen atoms in total. The zero-order chi connectivity index (χ0) is 15.8. The van der Waals surface area contributed by atoms with E-state index in [2.05, 4.69) is 4.98 Å². The molecular weight excluding hydrogens is 296 g/mol. The highest BCUT2D eigenvalue weighted by molar-refractivity contribution is 7.91. The molecule has 0 radical (unpaired) electrons. The number of carboxylic acids is 1. The van der Waals surface area contributed by atoms with Crippen LogP contribution < -0.4 is 5.69 Å². The first-order chi connectivity index (χ1) is 9.71. The van der Waals surface area contributed by atoms with Crippen LogP contribution in [0.4, 0.5) is 0 Å². The lowest BCUT2D eigenvalue weighted by molar-refractivity contribution is -0.136. The molecule has 0 bridgehead atoms. The molecule has 1 aliphatic rings. The van der Waals surface area contributed by atoms with Crippen LogP contribution >= 0.6 is 0 Å². The first-order valence-electron chi connectivity index (χ1n) is 6.72. The van der Waals surface area contributed by atoms with Crippen molar-refractivity contribution in [2.45, 2.75) is 39.2 Å². The fourth-order valence-electron chi connectivity index (χ4n) is 2.82. The maximum Gasteiger partial charge on any atom is 0.348 e. The molecule has 1 aromatic rings. The van der Waals surface area contributed by atoms with E-state index in [1.807, 2.05) is 0 Å². The topological polar surface area (TPSA) is 106 Å². The summed E-state index contributed by atoms with van der Waals surface area (Å²) in [6.07, 6.45) is 0.621. The van der Waals surface area contributed by atoms with E-state index in [9.17, 15) is 18.0 Å². The third-order valence-electron chi connectivity index (χ3n) is 3.87. The second-order valence-electron chi connectivity index (χ2n) is 5.36. The van der Waals surface area contributed by atoms with Crippen molar-refractivity contribution in [3.05, 3.63) is 27.4 Å². The normalized spacial score (nSPS) is 20.6. The summed E-state index contributed by atoms with van der Waals surface area (Å²) >= 11 is 0. The van der Waals surface area contributed by atoms with Gasteiger partial charge in [-0.25, -0.2) is 13.2 Å². The zero-order valence-electron chi connectivity index (χ0n) is 12.0. The monoisotopic (exact) mass is 314 g/mol. The van der Waals surface area contributed by atoms with Gasteiger partial charge in [-0.2, -0.15) is 4.98 Å². The van der Waals surface area contributed by atoms with Gasteiger partial charge in [-0.3, -0.25) is 9.36 Å². The molecule has 116 valence electrons. The molecule has 1 aliphatic heterocycles. The average Bonchev–Trinajstić information content (AvgIpc) is 2.68. The van der Waals surface area contributed by atoms with Crippen LogP contribution in [-0.2, 0) is 21.1 Å². The molecule has 2 heterocycles. The lowest BCUT2D eigenvalue weighted by Gasteiger charge is -2.19. The molecule has 0 amide bonds. The number of aliphatic carboxylic acids is 1. The quantitative estimate of drug-likeness (QED) is 0.853. The first-order valence-corrected chi connectivity index (χ1v) is 8.54. The Hall–Kier alpha value is -1.70. The molecule has 0 aromatic carbocycles. The molecular formula is C13H18N2O5S. The van der Waals surface area contributed by atoms with Crippen LogP contribution in [0.2, 0.25) is 0 Å². The molecule has 1 aromatic heterocycles. The van der Waals surface area contributed by atoms with Crippen LogP contribution in [0.25, 0.3) is 0 Å². The summed E-state index contributed by atoms with van der Waals surface area (Å²) in [5.41, 5.74) is 1.37. The van der Waals surface area contributed by atoms with Crippen molar-refractivity contribution in [1.29, 1.82) is 0 Å². The Bertz CT molecular complexity index is 736. The van der Waals surface area contributed by atoms with Crippen molar-refractivity contribution in [1.82, 2.24) is 9.55 Å². The number of rotatable bonds is 4. The fourth-order valence-corrected chi connectivity index (χ4v) is 4.52. The number of sulfone groups is 1. The predicted octanol–water partition coefficient (Wildman–Crippen LogP) is 0.237. The average molecular weight is 314 g/mol. The highest BCUT2D eigenvalue weighted by Crippen LogP contribution is 2.25. The van der Waals surface area contributed by atoms with Crippen molar-refractivity contribution in [2.24, 2.45) is 0 Å². The predicted molar refractivity (Wildman–Crippen MR) is 76.2 cm³/mol. The second-order valence-corrected chi connectivity index (χ2v) is 7.59. The summed E-state index contributed by atoms with van der Waals surface area (Å²) in [4.78, 5) is 26.7. The van der Waals surface area contributed by atoms with E-state index in [1.165, 1.54) is 4.57 Å². The van der Waals surface area contributed by atoms with Gasteiger partial charge in [0.1, 0.15) is 0 Å². The van der Waals surface area contributed by atoms with Gasteiger partial charge in [-0.15, -0.1) is 0 Å². The number of hydrogen-bond donors (Lipinski definition) is 1. The number of aryl methyl sites for hydroxylation is 1. The minimum Gasteiger partial charge on any atom is -0.481 e. The number of carbonyl (C=O) groups is 1. The van der Waals surface area contributed by atoms with Gasteiger partial charge < -0.3 is 5.11 Å². The Morgan fingerprint density at radius 1 is 1.43 bits per heavy atom. The molecule has 1 saturated heterocycles. The number of hydrogen-bond acceptors (Lipinski definition) is 5. The molecule has 0 saturated carbocycles. The highest BCUT2D eigenvalue weighted by atomic mass is 32.2. The van der Waals surface area contributed by atoms with Crippen molar-refractivity contribution in [3.63, 3.8) is 0 Å². The van der Waals surface area contributed by atoms with Gasteiger partial charge in [0.15, 0.2) is 9.84 Å². The summed E-state index contributed by atoms with van der Waals surface area (Å²) in [5, 5.41) is 8.79. The molecule has 1 unspecified atom stereocenters. The zero-order valence-corrected chi connectivity index (χ0v) is 12.8. The fraction of sp³-hybridized carbons (Fsp3) is 0.615. The smallest absolute Gasteiger partial charge is 0.348 e. The SMILES string of the molecule is Cc1nc(=O)n(C2CCS(=O)(=O)C2)c(C)c1CCC(=O)O. The number of nitrogens with zero attached hydrogens (tertiary/aromatic N) is 2. The summed E-state index contributed by atoms with van der Waals surface area (Å²) in [6, 6.07) is -0.404. The minimum absolute atomic E-state index is 0.0511. The summed E-state index contributed by atoms with van der Waals surface area (Å²) in [5.74, 6) is -0.909. The molecule has 0 aliphatic carbocycles. The number of aromatic nitrogens is 2. The summed E-state index contributed by atoms with van der Waals surface area (Å²) < 4.78 is 24.6.